The highest BCUT2D eigenvalue weighted by atomic mass is 32.2. The Morgan fingerprint density at radius 2 is 1.71 bits per heavy atom. The Hall–Kier alpha value is -0.200. The van der Waals surface area contributed by atoms with Gasteiger partial charge in [-0.3, -0.25) is 0 Å². The Balaban J connectivity index is 1.57. The van der Waals surface area contributed by atoms with Gasteiger partial charge in [-0.15, -0.1) is 0 Å². The van der Waals surface area contributed by atoms with Crippen LogP contribution in [-0.4, -0.2) is 16.5 Å². The summed E-state index contributed by atoms with van der Waals surface area (Å²) in [5, 5.41) is 8.71. The zero-order valence-electron chi connectivity index (χ0n) is 10.4. The van der Waals surface area contributed by atoms with Crippen molar-refractivity contribution >= 4 is 11.8 Å². The van der Waals surface area contributed by atoms with E-state index in [1.807, 2.05) is 0 Å². The van der Waals surface area contributed by atoms with E-state index >= 15 is 0 Å². The molecule has 2 nitrogen and oxygen atoms in total. The SMILES string of the molecule is N#CC(N)CCSC12CC3CC(CC(C3)C1)C2. The van der Waals surface area contributed by atoms with Crippen LogP contribution in [0.1, 0.15) is 44.9 Å². The summed E-state index contributed by atoms with van der Waals surface area (Å²) in [6, 6.07) is 1.88. The molecular formula is C14H22N2S. The molecule has 17 heavy (non-hydrogen) atoms. The predicted octanol–water partition coefficient (Wildman–Crippen LogP) is 2.93. The molecule has 3 heteroatoms. The average Bonchev–Trinajstić information content (AvgIpc) is 2.26. The van der Waals surface area contributed by atoms with Crippen molar-refractivity contribution in [1.29, 1.82) is 5.26 Å². The lowest BCUT2D eigenvalue weighted by Crippen LogP contribution is -2.48. The van der Waals surface area contributed by atoms with Crippen molar-refractivity contribution in [3.63, 3.8) is 0 Å². The van der Waals surface area contributed by atoms with Crippen molar-refractivity contribution in [3.8, 4) is 6.07 Å². The largest absolute Gasteiger partial charge is 0.316 e. The molecule has 0 aliphatic heterocycles. The van der Waals surface area contributed by atoms with Crippen molar-refractivity contribution < 1.29 is 0 Å². The molecule has 4 rings (SSSR count). The molecule has 4 aliphatic carbocycles. The molecule has 0 radical (unpaired) electrons. The lowest BCUT2D eigenvalue weighted by molar-refractivity contribution is 0.0383. The Bertz CT molecular complexity index is 298. The smallest absolute Gasteiger partial charge is 0.0935 e. The van der Waals surface area contributed by atoms with Crippen molar-refractivity contribution in [3.05, 3.63) is 0 Å². The topological polar surface area (TPSA) is 49.8 Å². The second kappa shape index (κ2) is 4.48. The first-order valence-electron chi connectivity index (χ1n) is 6.98. The fraction of sp³-hybridized carbons (Fsp3) is 0.929. The van der Waals surface area contributed by atoms with Crippen molar-refractivity contribution in [1.82, 2.24) is 0 Å². The van der Waals surface area contributed by atoms with E-state index in [-0.39, 0.29) is 6.04 Å². The first-order chi connectivity index (χ1) is 8.19. The maximum absolute atomic E-state index is 8.71. The quantitative estimate of drug-likeness (QED) is 0.834. The molecule has 0 heterocycles. The van der Waals surface area contributed by atoms with Crippen molar-refractivity contribution in [2.45, 2.75) is 55.7 Å². The number of thioether (sulfide) groups is 1. The van der Waals surface area contributed by atoms with Crippen LogP contribution in [-0.2, 0) is 0 Å². The minimum absolute atomic E-state index is 0.253. The minimum Gasteiger partial charge on any atom is -0.316 e. The molecule has 2 N–H and O–H groups in total. The van der Waals surface area contributed by atoms with Crippen LogP contribution in [0.3, 0.4) is 0 Å². The van der Waals surface area contributed by atoms with E-state index in [1.54, 1.807) is 0 Å². The molecule has 4 saturated carbocycles. The lowest BCUT2D eigenvalue weighted by atomic mass is 9.56. The third kappa shape index (κ3) is 2.35. The summed E-state index contributed by atoms with van der Waals surface area (Å²) < 4.78 is 0.587. The van der Waals surface area contributed by atoms with Gasteiger partial charge >= 0.3 is 0 Å². The lowest BCUT2D eigenvalue weighted by Gasteiger charge is -2.56. The number of rotatable bonds is 4. The number of hydrogen-bond donors (Lipinski definition) is 1. The van der Waals surface area contributed by atoms with Gasteiger partial charge in [-0.1, -0.05) is 0 Å². The highest BCUT2D eigenvalue weighted by Crippen LogP contribution is 2.60. The maximum atomic E-state index is 8.71. The summed E-state index contributed by atoms with van der Waals surface area (Å²) in [5.74, 6) is 4.16. The summed E-state index contributed by atoms with van der Waals surface area (Å²) in [6.45, 7) is 0. The average molecular weight is 250 g/mol. The molecule has 0 saturated heterocycles. The molecule has 0 aromatic heterocycles. The minimum atomic E-state index is -0.253. The van der Waals surface area contributed by atoms with E-state index in [9.17, 15) is 0 Å². The van der Waals surface area contributed by atoms with Gasteiger partial charge in [0.05, 0.1) is 12.1 Å². The van der Waals surface area contributed by atoms with Crippen molar-refractivity contribution in [2.75, 3.05) is 5.75 Å². The standard InChI is InChI=1S/C14H22N2S/c15-9-13(16)1-2-17-14-6-10-3-11(7-14)5-12(4-10)8-14/h10-13H,1-8,16H2. The summed E-state index contributed by atoms with van der Waals surface area (Å²) in [4.78, 5) is 0. The van der Waals surface area contributed by atoms with E-state index in [2.05, 4.69) is 17.8 Å². The number of nitriles is 1. The van der Waals surface area contributed by atoms with Crippen LogP contribution in [0, 0.1) is 29.1 Å². The Kier molecular flexibility index (Phi) is 3.13. The normalized spacial score (nSPS) is 44.6. The van der Waals surface area contributed by atoms with E-state index in [4.69, 9.17) is 11.0 Å². The number of nitrogens with two attached hydrogens (primary N) is 1. The molecule has 94 valence electrons. The molecular weight excluding hydrogens is 228 g/mol. The summed E-state index contributed by atoms with van der Waals surface area (Å²) >= 11 is 2.15. The van der Waals surface area contributed by atoms with Crippen LogP contribution >= 0.6 is 11.8 Å². The van der Waals surface area contributed by atoms with E-state index < -0.39 is 0 Å². The van der Waals surface area contributed by atoms with Crippen LogP contribution in [0.4, 0.5) is 0 Å². The second-order valence-electron chi connectivity index (χ2n) is 6.47. The van der Waals surface area contributed by atoms with Gasteiger partial charge in [0.1, 0.15) is 0 Å². The summed E-state index contributed by atoms with van der Waals surface area (Å²) in [5.41, 5.74) is 5.68. The molecule has 0 aromatic carbocycles. The first-order valence-corrected chi connectivity index (χ1v) is 7.97. The van der Waals surface area contributed by atoms with Crippen LogP contribution in [0.5, 0.6) is 0 Å². The number of hydrogen-bond acceptors (Lipinski definition) is 3. The third-order valence-corrected chi connectivity index (χ3v) is 6.54. The molecule has 4 fully saturated rings. The Morgan fingerprint density at radius 3 is 2.18 bits per heavy atom. The molecule has 0 spiro atoms. The highest BCUT2D eigenvalue weighted by molar-refractivity contribution is 8.00. The fourth-order valence-electron chi connectivity index (χ4n) is 4.67. The summed E-state index contributed by atoms with van der Waals surface area (Å²) in [7, 11) is 0. The molecule has 0 aromatic rings. The van der Waals surface area contributed by atoms with Gasteiger partial charge in [0.15, 0.2) is 0 Å². The second-order valence-corrected chi connectivity index (χ2v) is 8.04. The number of nitrogens with zero attached hydrogens (tertiary/aromatic N) is 1. The van der Waals surface area contributed by atoms with E-state index in [0.717, 1.165) is 29.9 Å². The van der Waals surface area contributed by atoms with Gasteiger partial charge < -0.3 is 5.73 Å². The zero-order valence-corrected chi connectivity index (χ0v) is 11.2. The first kappa shape index (κ1) is 11.9. The molecule has 0 amide bonds. The van der Waals surface area contributed by atoms with E-state index in [0.29, 0.717) is 4.75 Å². The van der Waals surface area contributed by atoms with Crippen LogP contribution in [0.2, 0.25) is 0 Å². The van der Waals surface area contributed by atoms with E-state index in [1.165, 1.54) is 38.5 Å². The molecule has 4 aliphatic rings. The maximum Gasteiger partial charge on any atom is 0.0935 e. The van der Waals surface area contributed by atoms with Gasteiger partial charge in [0, 0.05) is 4.75 Å². The third-order valence-electron chi connectivity index (χ3n) is 4.98. The van der Waals surface area contributed by atoms with Crippen LogP contribution in [0.25, 0.3) is 0 Å². The molecule has 4 bridgehead atoms. The van der Waals surface area contributed by atoms with Gasteiger partial charge in [0.25, 0.3) is 0 Å². The van der Waals surface area contributed by atoms with Gasteiger partial charge in [0.2, 0.25) is 0 Å². The Morgan fingerprint density at radius 1 is 1.18 bits per heavy atom. The predicted molar refractivity (Wildman–Crippen MR) is 71.6 cm³/mol. The highest BCUT2D eigenvalue weighted by Gasteiger charge is 2.50. The Labute approximate surface area is 108 Å². The molecule has 1 unspecified atom stereocenters. The van der Waals surface area contributed by atoms with Crippen LogP contribution in [0.15, 0.2) is 0 Å². The van der Waals surface area contributed by atoms with Crippen LogP contribution < -0.4 is 5.73 Å². The van der Waals surface area contributed by atoms with Gasteiger partial charge in [-0.2, -0.15) is 17.0 Å². The fourth-order valence-corrected chi connectivity index (χ4v) is 6.54. The molecule has 1 atom stereocenters. The zero-order chi connectivity index (χ0) is 11.9. The van der Waals surface area contributed by atoms with Gasteiger partial charge in [-0.05, 0) is 68.5 Å². The van der Waals surface area contributed by atoms with Gasteiger partial charge in [-0.25, -0.2) is 0 Å². The van der Waals surface area contributed by atoms with Crippen molar-refractivity contribution in [2.24, 2.45) is 23.5 Å². The monoisotopic (exact) mass is 250 g/mol. The summed E-state index contributed by atoms with van der Waals surface area (Å²) in [6.07, 6.45) is 9.75.